The van der Waals surface area contributed by atoms with Crippen molar-refractivity contribution in [3.63, 3.8) is 0 Å². The summed E-state index contributed by atoms with van der Waals surface area (Å²) in [5.41, 5.74) is 1.21. The van der Waals surface area contributed by atoms with Crippen LogP contribution in [0.1, 0.15) is 66.2 Å². The first-order valence-corrected chi connectivity index (χ1v) is 18.1. The molecule has 2 atom stereocenters. The average Bonchev–Trinajstić information content (AvgIpc) is 2.67. The zero-order chi connectivity index (χ0) is 19.6. The molecule has 2 nitrogen and oxygen atoms in total. The van der Waals surface area contributed by atoms with Gasteiger partial charge in [-0.25, -0.2) is 0 Å². The van der Waals surface area contributed by atoms with Crippen LogP contribution in [0.3, 0.4) is 0 Å². The van der Waals surface area contributed by atoms with Crippen molar-refractivity contribution >= 4 is 39.2 Å². The summed E-state index contributed by atoms with van der Waals surface area (Å²) in [6.07, 6.45) is 7.95. The van der Waals surface area contributed by atoms with Crippen molar-refractivity contribution < 1.29 is 9.47 Å². The van der Waals surface area contributed by atoms with Crippen molar-refractivity contribution in [1.82, 2.24) is 0 Å². The quantitative estimate of drug-likeness (QED) is 0.133. The summed E-state index contributed by atoms with van der Waals surface area (Å²) in [5.74, 6) is 2.60. The summed E-state index contributed by atoms with van der Waals surface area (Å²) in [5, 5.41) is 0. The molecule has 0 spiro atoms. The molecule has 158 valence electrons. The van der Waals surface area contributed by atoms with Crippen LogP contribution in [-0.4, -0.2) is 54.8 Å². The fourth-order valence-corrected chi connectivity index (χ4v) is 11.6. The van der Waals surface area contributed by atoms with Crippen molar-refractivity contribution in [2.45, 2.75) is 102 Å². The third-order valence-corrected chi connectivity index (χ3v) is 15.9. The minimum Gasteiger partial charge on any atom is -0.385 e. The van der Waals surface area contributed by atoms with Crippen molar-refractivity contribution in [3.8, 4) is 0 Å². The van der Waals surface area contributed by atoms with E-state index in [0.29, 0.717) is 11.5 Å². The molecule has 0 aromatic rings. The molecule has 0 aliphatic rings. The van der Waals surface area contributed by atoms with Gasteiger partial charge in [-0.3, -0.25) is 0 Å². The number of ether oxygens (including phenoxy) is 2. The normalized spacial score (nSPS) is 14.3. The van der Waals surface area contributed by atoms with Crippen molar-refractivity contribution in [2.75, 3.05) is 25.7 Å². The molecule has 0 saturated carbocycles. The Bertz CT molecular complexity index is 263. The molecule has 6 heteroatoms. The highest BCUT2D eigenvalue weighted by Crippen LogP contribution is 2.25. The minimum atomic E-state index is -0.651. The van der Waals surface area contributed by atoms with Gasteiger partial charge >= 0.3 is 0 Å². The standard InChI is InChI=1S/C20H46O2S2Si2/c1-7-25(8-2)19(21-5)15-11-13-17-23-24-18-14-12-16-20(22-6)26(9-3)10-4/h19-20,25-26H,7-18H2,1-6H3. The summed E-state index contributed by atoms with van der Waals surface area (Å²) in [4.78, 5) is 0. The molecule has 0 aromatic heterocycles. The molecule has 0 aliphatic heterocycles. The minimum absolute atomic E-state index is 0.606. The molecule has 0 aliphatic carbocycles. The molecule has 0 heterocycles. The van der Waals surface area contributed by atoms with Crippen molar-refractivity contribution in [2.24, 2.45) is 0 Å². The van der Waals surface area contributed by atoms with Crippen LogP contribution in [0.5, 0.6) is 0 Å². The summed E-state index contributed by atoms with van der Waals surface area (Å²) in [6, 6.07) is 5.51. The largest absolute Gasteiger partial charge is 0.385 e. The molecule has 0 amide bonds. The van der Waals surface area contributed by atoms with E-state index in [1.807, 2.05) is 14.2 Å². The lowest BCUT2D eigenvalue weighted by Gasteiger charge is -2.22. The van der Waals surface area contributed by atoms with E-state index in [9.17, 15) is 0 Å². The highest BCUT2D eigenvalue weighted by molar-refractivity contribution is 8.76. The van der Waals surface area contributed by atoms with E-state index < -0.39 is 17.6 Å². The summed E-state index contributed by atoms with van der Waals surface area (Å²) >= 11 is 0. The summed E-state index contributed by atoms with van der Waals surface area (Å²) in [7, 11) is 6.69. The van der Waals surface area contributed by atoms with E-state index in [0.717, 1.165) is 0 Å². The van der Waals surface area contributed by atoms with Crippen LogP contribution in [0.4, 0.5) is 0 Å². The lowest BCUT2D eigenvalue weighted by atomic mass is 10.3. The third-order valence-electron chi connectivity index (χ3n) is 5.77. The molecule has 0 bridgehead atoms. The molecule has 0 aromatic carbocycles. The van der Waals surface area contributed by atoms with Crippen LogP contribution in [0.15, 0.2) is 0 Å². The van der Waals surface area contributed by atoms with E-state index >= 15 is 0 Å². The summed E-state index contributed by atoms with van der Waals surface area (Å²) < 4.78 is 11.5. The maximum absolute atomic E-state index is 5.77. The molecule has 0 saturated heterocycles. The fraction of sp³-hybridized carbons (Fsp3) is 1.00. The van der Waals surface area contributed by atoms with Crippen LogP contribution in [0, 0.1) is 0 Å². The van der Waals surface area contributed by atoms with Crippen LogP contribution >= 0.6 is 21.6 Å². The predicted molar refractivity (Wildman–Crippen MR) is 130 cm³/mol. The van der Waals surface area contributed by atoms with Crippen LogP contribution in [-0.2, 0) is 9.47 Å². The first kappa shape index (κ1) is 27.1. The van der Waals surface area contributed by atoms with Crippen LogP contribution < -0.4 is 0 Å². The monoisotopic (exact) mass is 438 g/mol. The van der Waals surface area contributed by atoms with Crippen LogP contribution in [0.25, 0.3) is 0 Å². The Morgan fingerprint density at radius 1 is 0.615 bits per heavy atom. The van der Waals surface area contributed by atoms with E-state index in [2.05, 4.69) is 49.3 Å². The van der Waals surface area contributed by atoms with Gasteiger partial charge < -0.3 is 9.47 Å². The average molecular weight is 439 g/mol. The highest BCUT2D eigenvalue weighted by Gasteiger charge is 2.19. The van der Waals surface area contributed by atoms with E-state index in [-0.39, 0.29) is 0 Å². The smallest absolute Gasteiger partial charge is 0.0711 e. The topological polar surface area (TPSA) is 18.5 Å². The Morgan fingerprint density at radius 3 is 1.23 bits per heavy atom. The third kappa shape index (κ3) is 12.5. The number of methoxy groups -OCH3 is 2. The van der Waals surface area contributed by atoms with Gasteiger partial charge in [-0.15, -0.1) is 0 Å². The highest BCUT2D eigenvalue weighted by atomic mass is 33.1. The van der Waals surface area contributed by atoms with Gasteiger partial charge in [0.2, 0.25) is 0 Å². The molecule has 0 radical (unpaired) electrons. The Morgan fingerprint density at radius 2 is 0.962 bits per heavy atom. The van der Waals surface area contributed by atoms with Gasteiger partial charge in [-0.2, -0.15) is 0 Å². The van der Waals surface area contributed by atoms with Crippen molar-refractivity contribution in [1.29, 1.82) is 0 Å². The van der Waals surface area contributed by atoms with Gasteiger partial charge in [0.05, 0.1) is 17.6 Å². The number of hydrogen-bond donors (Lipinski definition) is 0. The Hall–Kier alpha value is 1.05. The molecular weight excluding hydrogens is 393 g/mol. The molecule has 2 unspecified atom stereocenters. The van der Waals surface area contributed by atoms with E-state index in [1.165, 1.54) is 74.2 Å². The lowest BCUT2D eigenvalue weighted by molar-refractivity contribution is 0.150. The van der Waals surface area contributed by atoms with Crippen molar-refractivity contribution in [3.05, 3.63) is 0 Å². The number of unbranched alkanes of at least 4 members (excludes halogenated alkanes) is 2. The maximum Gasteiger partial charge on any atom is 0.0711 e. The first-order chi connectivity index (χ1) is 12.7. The number of hydrogen-bond acceptors (Lipinski definition) is 4. The van der Waals surface area contributed by atoms with E-state index in [4.69, 9.17) is 9.47 Å². The Kier molecular flexibility index (Phi) is 20.2. The van der Waals surface area contributed by atoms with E-state index in [1.54, 1.807) is 0 Å². The second-order valence-corrected chi connectivity index (χ2v) is 17.8. The predicted octanol–water partition coefficient (Wildman–Crippen LogP) is 6.35. The molecular formula is C20H46O2S2Si2. The zero-order valence-corrected chi connectivity index (χ0v) is 22.4. The first-order valence-electron chi connectivity index (χ1n) is 11.0. The van der Waals surface area contributed by atoms with Gasteiger partial charge in [0, 0.05) is 37.2 Å². The maximum atomic E-state index is 5.77. The number of rotatable bonds is 19. The Balaban J connectivity index is 3.59. The fourth-order valence-electron chi connectivity index (χ4n) is 3.85. The van der Waals surface area contributed by atoms with Crippen LogP contribution in [0.2, 0.25) is 24.2 Å². The molecule has 0 rings (SSSR count). The SMILES string of the molecule is CC[SiH](CC)C(CCCCSSCCCCC(OC)[SiH](CC)CC)OC. The van der Waals surface area contributed by atoms with Gasteiger partial charge in [0.1, 0.15) is 0 Å². The van der Waals surface area contributed by atoms with Gasteiger partial charge in [0.15, 0.2) is 0 Å². The van der Waals surface area contributed by atoms with Gasteiger partial charge in [0.25, 0.3) is 0 Å². The lowest BCUT2D eigenvalue weighted by Crippen LogP contribution is -2.31. The molecule has 0 N–H and O–H groups in total. The second-order valence-electron chi connectivity index (χ2n) is 7.34. The van der Waals surface area contributed by atoms with Gasteiger partial charge in [-0.1, -0.05) is 86.3 Å². The molecule has 0 fully saturated rings. The van der Waals surface area contributed by atoms with Gasteiger partial charge in [-0.05, 0) is 25.7 Å². The summed E-state index contributed by atoms with van der Waals surface area (Å²) in [6.45, 7) is 9.39. The Labute approximate surface area is 176 Å². The molecule has 26 heavy (non-hydrogen) atoms. The zero-order valence-electron chi connectivity index (χ0n) is 18.4. The second kappa shape index (κ2) is 19.4.